The van der Waals surface area contributed by atoms with E-state index in [0.717, 1.165) is 56.9 Å². The molecule has 0 unspecified atom stereocenters. The van der Waals surface area contributed by atoms with Gasteiger partial charge < -0.3 is 0 Å². The molecule has 0 bridgehead atoms. The van der Waals surface area contributed by atoms with Gasteiger partial charge >= 0.3 is 39.5 Å². The summed E-state index contributed by atoms with van der Waals surface area (Å²) in [7, 11) is 9.53. The van der Waals surface area contributed by atoms with Gasteiger partial charge in [-0.05, 0) is 89.8 Å². The minimum atomic E-state index is -4.52. The molecule has 37 heavy (non-hydrogen) atoms. The van der Waals surface area contributed by atoms with Crippen molar-refractivity contribution in [3.63, 3.8) is 0 Å². The maximum atomic E-state index is 13.8. The van der Waals surface area contributed by atoms with Crippen molar-refractivity contribution in [2.24, 2.45) is 9.98 Å². The number of aryl methyl sites for hydroxylation is 6. The van der Waals surface area contributed by atoms with Crippen molar-refractivity contribution < 1.29 is 26.3 Å². The van der Waals surface area contributed by atoms with Gasteiger partial charge in [0.15, 0.2) is 0 Å². The van der Waals surface area contributed by atoms with Crippen LogP contribution in [0, 0.1) is 41.5 Å². The van der Waals surface area contributed by atoms with Crippen LogP contribution < -0.4 is 0 Å². The Balaban J connectivity index is 0.00000153. The summed E-state index contributed by atoms with van der Waals surface area (Å²) >= 11 is 0.194. The summed E-state index contributed by atoms with van der Waals surface area (Å²) in [5.74, 6) is 0. The van der Waals surface area contributed by atoms with Gasteiger partial charge in [0.2, 0.25) is 0 Å². The third-order valence-electron chi connectivity index (χ3n) is 5.72. The molecule has 3 rings (SSSR count). The average molecular weight is 592 g/mol. The number of hydrogen-bond donors (Lipinski definition) is 0. The van der Waals surface area contributed by atoms with Crippen molar-refractivity contribution >= 4 is 43.0 Å². The van der Waals surface area contributed by atoms with E-state index in [0.29, 0.717) is 11.4 Å². The molecule has 0 saturated carbocycles. The van der Waals surface area contributed by atoms with Gasteiger partial charge in [-0.3, -0.25) is 9.98 Å². The first-order chi connectivity index (χ1) is 17.2. The fourth-order valence-electron chi connectivity index (χ4n) is 4.21. The summed E-state index contributed by atoms with van der Waals surface area (Å²) in [6.07, 6.45) is -4.52. The van der Waals surface area contributed by atoms with Gasteiger partial charge in [-0.2, -0.15) is 13.2 Å². The second kappa shape index (κ2) is 13.1. The molecular weight excluding hydrogens is 562 g/mol. The standard InChI is InChI=1S/C28H30F3N3.2ClH.Fe/c1-15-9-17(3)26(18(4)10-15)32-21(7)24-13-23(28(29,30)31)14-25(34-24)22(8)33-27-19(5)11-16(2)12-20(27)6;;;/h9-14H,1-8H3;2*1H;/q;;;+2/p-2. The van der Waals surface area contributed by atoms with Gasteiger partial charge in [-0.25, -0.2) is 4.98 Å². The zero-order valence-corrected chi connectivity index (χ0v) is 24.7. The Labute approximate surface area is 231 Å². The predicted octanol–water partition coefficient (Wildman–Crippen LogP) is 9.61. The SMILES string of the molecule is CC(=Nc1c(C)cc(C)cc1C)c1cc(C(F)(F)F)cc(C(C)=Nc2c(C)cc(C)cc2C)n1.[Cl][Fe][Cl]. The second-order valence-electron chi connectivity index (χ2n) is 9.06. The van der Waals surface area contributed by atoms with Gasteiger partial charge in [0.1, 0.15) is 0 Å². The molecule has 3 nitrogen and oxygen atoms in total. The number of hydrogen-bond acceptors (Lipinski definition) is 3. The van der Waals surface area contributed by atoms with E-state index in [-0.39, 0.29) is 24.5 Å². The van der Waals surface area contributed by atoms with Gasteiger partial charge in [0.05, 0.1) is 39.7 Å². The number of halogens is 5. The summed E-state index contributed by atoms with van der Waals surface area (Å²) in [6, 6.07) is 10.1. The Bertz CT molecular complexity index is 1210. The third-order valence-corrected chi connectivity index (χ3v) is 5.72. The fourth-order valence-corrected chi connectivity index (χ4v) is 4.21. The molecule has 0 spiro atoms. The zero-order chi connectivity index (χ0) is 28.1. The first kappa shape index (κ1) is 31.0. The Morgan fingerprint density at radius 2 is 0.973 bits per heavy atom. The topological polar surface area (TPSA) is 37.6 Å². The van der Waals surface area contributed by atoms with E-state index in [1.807, 2.05) is 65.8 Å². The Kier molecular flexibility index (Phi) is 11.0. The predicted molar refractivity (Wildman–Crippen MR) is 146 cm³/mol. The second-order valence-corrected chi connectivity index (χ2v) is 10.9. The molecular formula is C28H30Cl2F3FeN3. The van der Waals surface area contributed by atoms with Gasteiger partial charge in [0.25, 0.3) is 0 Å². The number of aliphatic imine (C=N–C) groups is 2. The van der Waals surface area contributed by atoms with E-state index >= 15 is 0 Å². The van der Waals surface area contributed by atoms with Crippen molar-refractivity contribution in [1.29, 1.82) is 0 Å². The molecule has 9 heteroatoms. The van der Waals surface area contributed by atoms with Crippen molar-refractivity contribution in [2.45, 2.75) is 61.6 Å². The number of pyridine rings is 1. The molecule has 1 aromatic heterocycles. The van der Waals surface area contributed by atoms with Crippen LogP contribution in [-0.2, 0) is 19.3 Å². The van der Waals surface area contributed by atoms with Crippen LogP contribution in [0.15, 0.2) is 46.4 Å². The van der Waals surface area contributed by atoms with Gasteiger partial charge in [-0.1, -0.05) is 35.4 Å². The summed E-state index contributed by atoms with van der Waals surface area (Å²) in [6.45, 7) is 15.2. The molecule has 0 fully saturated rings. The van der Waals surface area contributed by atoms with Crippen molar-refractivity contribution in [3.8, 4) is 0 Å². The quantitative estimate of drug-likeness (QED) is 0.220. The number of alkyl halides is 3. The van der Waals surface area contributed by atoms with E-state index < -0.39 is 11.7 Å². The van der Waals surface area contributed by atoms with Crippen LogP contribution in [0.25, 0.3) is 0 Å². The third kappa shape index (κ3) is 8.41. The molecule has 0 saturated heterocycles. The monoisotopic (exact) mass is 591 g/mol. The first-order valence-electron chi connectivity index (χ1n) is 11.4. The molecule has 0 atom stereocenters. The molecule has 3 aromatic rings. The molecule has 0 aliphatic rings. The van der Waals surface area contributed by atoms with E-state index in [2.05, 4.69) is 15.0 Å². The van der Waals surface area contributed by atoms with Crippen molar-refractivity contribution in [2.75, 3.05) is 0 Å². The summed E-state index contributed by atoms with van der Waals surface area (Å²) in [5, 5.41) is 0. The van der Waals surface area contributed by atoms with Crippen molar-refractivity contribution in [1.82, 2.24) is 4.98 Å². The van der Waals surface area contributed by atoms with Crippen LogP contribution in [0.1, 0.15) is 64.2 Å². The maximum absolute atomic E-state index is 13.8. The molecule has 0 radical (unpaired) electrons. The minimum absolute atomic E-state index is 0.177. The molecule has 0 aliphatic heterocycles. The summed E-state index contributed by atoms with van der Waals surface area (Å²) in [5.41, 5.74) is 7.99. The van der Waals surface area contributed by atoms with Crippen LogP contribution in [-0.4, -0.2) is 16.4 Å². The van der Waals surface area contributed by atoms with Crippen LogP contribution in [0.5, 0.6) is 0 Å². The van der Waals surface area contributed by atoms with E-state index in [9.17, 15) is 13.2 Å². The molecule has 2 aromatic carbocycles. The fraction of sp³-hybridized carbons (Fsp3) is 0.321. The van der Waals surface area contributed by atoms with Crippen LogP contribution in [0.2, 0.25) is 0 Å². The van der Waals surface area contributed by atoms with E-state index in [1.165, 1.54) is 0 Å². The van der Waals surface area contributed by atoms with Gasteiger partial charge in [-0.15, -0.1) is 0 Å². The van der Waals surface area contributed by atoms with Crippen molar-refractivity contribution in [3.05, 3.63) is 86.7 Å². The zero-order valence-electron chi connectivity index (χ0n) is 22.0. The number of aromatic nitrogens is 1. The normalized spacial score (nSPS) is 12.5. The number of benzene rings is 2. The molecule has 200 valence electrons. The summed E-state index contributed by atoms with van der Waals surface area (Å²) in [4.78, 5) is 13.9. The Morgan fingerprint density at radius 1 is 0.676 bits per heavy atom. The van der Waals surface area contributed by atoms with E-state index in [1.54, 1.807) is 13.8 Å². The Morgan fingerprint density at radius 3 is 1.24 bits per heavy atom. The molecule has 0 N–H and O–H groups in total. The number of nitrogens with zero attached hydrogens (tertiary/aromatic N) is 3. The molecule has 0 amide bonds. The molecule has 1 heterocycles. The van der Waals surface area contributed by atoms with Crippen LogP contribution in [0.4, 0.5) is 24.5 Å². The average Bonchev–Trinajstić information content (AvgIpc) is 2.78. The Hall–Kier alpha value is -2.18. The van der Waals surface area contributed by atoms with E-state index in [4.69, 9.17) is 20.2 Å². The first-order valence-corrected chi connectivity index (χ1v) is 14.4. The summed E-state index contributed by atoms with van der Waals surface area (Å²) < 4.78 is 41.3. The van der Waals surface area contributed by atoms with Gasteiger partial charge in [0, 0.05) is 0 Å². The van der Waals surface area contributed by atoms with Crippen LogP contribution >= 0.6 is 20.2 Å². The number of rotatable bonds is 4. The van der Waals surface area contributed by atoms with Crippen LogP contribution in [0.3, 0.4) is 0 Å². The molecule has 0 aliphatic carbocycles.